The van der Waals surface area contributed by atoms with Gasteiger partial charge < -0.3 is 9.80 Å². The van der Waals surface area contributed by atoms with Gasteiger partial charge in [0.1, 0.15) is 0 Å². The van der Waals surface area contributed by atoms with Crippen LogP contribution in [0.1, 0.15) is 38.4 Å². The largest absolute Gasteiger partial charge is 0.371 e. The van der Waals surface area contributed by atoms with Gasteiger partial charge in [-0.05, 0) is 45.7 Å². The maximum Gasteiger partial charge on any atom is 0.269 e. The number of aromatic nitrogens is 3. The predicted molar refractivity (Wildman–Crippen MR) is 101 cm³/mol. The van der Waals surface area contributed by atoms with Gasteiger partial charge in [0.2, 0.25) is 0 Å². The van der Waals surface area contributed by atoms with E-state index in [1.807, 2.05) is 26.2 Å². The first-order chi connectivity index (χ1) is 12.0. The summed E-state index contributed by atoms with van der Waals surface area (Å²) >= 11 is 0. The monoisotopic (exact) mass is 341 g/mol. The molecule has 0 amide bonds. The second-order valence-electron chi connectivity index (χ2n) is 7.10. The zero-order valence-electron chi connectivity index (χ0n) is 15.5. The fraction of sp³-hybridized carbons (Fsp3) is 0.526. The number of anilines is 2. The van der Waals surface area contributed by atoms with E-state index in [1.54, 1.807) is 16.9 Å². The van der Waals surface area contributed by atoms with Crippen molar-refractivity contribution in [1.29, 1.82) is 0 Å². The molecule has 0 aliphatic carbocycles. The van der Waals surface area contributed by atoms with Crippen molar-refractivity contribution >= 4 is 11.4 Å². The van der Waals surface area contributed by atoms with Gasteiger partial charge in [-0.2, -0.15) is 5.10 Å². The first-order valence-corrected chi connectivity index (χ1v) is 8.95. The van der Waals surface area contributed by atoms with Crippen LogP contribution in [0.4, 0.5) is 11.4 Å². The summed E-state index contributed by atoms with van der Waals surface area (Å²) in [5, 5.41) is 4.47. The Bertz CT molecular complexity index is 785. The Labute approximate surface area is 149 Å². The topological polar surface area (TPSA) is 54.3 Å². The van der Waals surface area contributed by atoms with Crippen molar-refractivity contribution in [3.63, 3.8) is 0 Å². The summed E-state index contributed by atoms with van der Waals surface area (Å²) in [5.41, 5.74) is 3.02. The highest BCUT2D eigenvalue weighted by Gasteiger charge is 2.23. The molecule has 6 heteroatoms. The van der Waals surface area contributed by atoms with Gasteiger partial charge in [-0.3, -0.25) is 9.78 Å². The second-order valence-corrected chi connectivity index (χ2v) is 7.10. The zero-order chi connectivity index (χ0) is 18.0. The fourth-order valence-electron chi connectivity index (χ4n) is 3.29. The number of piperidine rings is 1. The number of hydrogen-bond acceptors (Lipinski definition) is 5. The Balaban J connectivity index is 1.81. The van der Waals surface area contributed by atoms with Crippen LogP contribution in [-0.2, 0) is 0 Å². The molecule has 134 valence electrons. The van der Waals surface area contributed by atoms with E-state index in [4.69, 9.17) is 0 Å². The van der Waals surface area contributed by atoms with E-state index < -0.39 is 0 Å². The highest BCUT2D eigenvalue weighted by atomic mass is 16.1. The van der Waals surface area contributed by atoms with Gasteiger partial charge in [0.25, 0.3) is 5.56 Å². The Morgan fingerprint density at radius 2 is 2.12 bits per heavy atom. The van der Waals surface area contributed by atoms with Crippen LogP contribution in [0, 0.1) is 6.92 Å². The lowest BCUT2D eigenvalue weighted by molar-refractivity contribution is 0.362. The molecule has 1 aliphatic heterocycles. The molecule has 0 N–H and O–H groups in total. The lowest BCUT2D eigenvalue weighted by Crippen LogP contribution is -2.41. The molecule has 1 aliphatic rings. The van der Waals surface area contributed by atoms with Crippen molar-refractivity contribution < 1.29 is 0 Å². The molecular formula is C19H27N5O. The zero-order valence-corrected chi connectivity index (χ0v) is 15.5. The van der Waals surface area contributed by atoms with E-state index in [0.717, 1.165) is 37.3 Å². The van der Waals surface area contributed by atoms with E-state index in [9.17, 15) is 4.79 Å². The number of aryl methyl sites for hydroxylation is 1. The minimum absolute atomic E-state index is 0.0252. The highest BCUT2D eigenvalue weighted by molar-refractivity contribution is 5.47. The van der Waals surface area contributed by atoms with Crippen LogP contribution >= 0.6 is 0 Å². The Kier molecular flexibility index (Phi) is 5.06. The quantitative estimate of drug-likeness (QED) is 0.856. The summed E-state index contributed by atoms with van der Waals surface area (Å²) in [4.78, 5) is 21.3. The minimum Gasteiger partial charge on any atom is -0.371 e. The van der Waals surface area contributed by atoms with Crippen molar-refractivity contribution in [3.05, 3.63) is 46.6 Å². The summed E-state index contributed by atoms with van der Waals surface area (Å²) in [6.45, 7) is 8.00. The average molecular weight is 341 g/mol. The molecular weight excluding hydrogens is 314 g/mol. The lowest BCUT2D eigenvalue weighted by Gasteiger charge is -2.34. The molecule has 0 bridgehead atoms. The predicted octanol–water partition coefficient (Wildman–Crippen LogP) is 2.63. The van der Waals surface area contributed by atoms with Crippen molar-refractivity contribution in [1.82, 2.24) is 14.8 Å². The third kappa shape index (κ3) is 3.83. The molecule has 1 unspecified atom stereocenters. The van der Waals surface area contributed by atoms with E-state index >= 15 is 0 Å². The number of pyridine rings is 1. The third-order valence-electron chi connectivity index (χ3n) is 4.98. The molecule has 1 atom stereocenters. The van der Waals surface area contributed by atoms with E-state index in [1.165, 1.54) is 5.69 Å². The Morgan fingerprint density at radius 1 is 1.32 bits per heavy atom. The first kappa shape index (κ1) is 17.5. The van der Waals surface area contributed by atoms with Crippen LogP contribution in [0.3, 0.4) is 0 Å². The Morgan fingerprint density at radius 3 is 2.80 bits per heavy atom. The van der Waals surface area contributed by atoms with Crippen molar-refractivity contribution in [2.45, 2.75) is 45.7 Å². The van der Waals surface area contributed by atoms with Crippen molar-refractivity contribution in [2.24, 2.45) is 0 Å². The maximum atomic E-state index is 12.6. The van der Waals surface area contributed by atoms with Gasteiger partial charge in [0.05, 0.1) is 17.9 Å². The molecule has 1 saturated heterocycles. The van der Waals surface area contributed by atoms with Crippen molar-refractivity contribution in [3.8, 4) is 0 Å². The standard InChI is InChI=1S/C19H27N5O/c1-14(2)22(4)18-11-19(25)24(21-12-18)17-6-5-9-23(13-17)16-7-8-20-15(3)10-16/h7-8,10-12,14,17H,5-6,9,13H2,1-4H3. The molecule has 2 aromatic rings. The van der Waals surface area contributed by atoms with Gasteiger partial charge in [-0.15, -0.1) is 0 Å². The van der Waals surface area contributed by atoms with E-state index in [-0.39, 0.29) is 11.6 Å². The summed E-state index contributed by atoms with van der Waals surface area (Å²) in [6, 6.07) is 6.26. The molecule has 0 aromatic carbocycles. The van der Waals surface area contributed by atoms with Gasteiger partial charge in [-0.1, -0.05) is 0 Å². The van der Waals surface area contributed by atoms with Gasteiger partial charge in [-0.25, -0.2) is 4.68 Å². The maximum absolute atomic E-state index is 12.6. The molecule has 2 aromatic heterocycles. The summed E-state index contributed by atoms with van der Waals surface area (Å²) in [5.74, 6) is 0. The fourth-order valence-corrected chi connectivity index (χ4v) is 3.29. The smallest absolute Gasteiger partial charge is 0.269 e. The Hall–Kier alpha value is -2.37. The van der Waals surface area contributed by atoms with Gasteiger partial charge in [0.15, 0.2) is 0 Å². The molecule has 6 nitrogen and oxygen atoms in total. The summed E-state index contributed by atoms with van der Waals surface area (Å²) < 4.78 is 1.65. The minimum atomic E-state index is -0.0252. The third-order valence-corrected chi connectivity index (χ3v) is 4.98. The molecule has 0 spiro atoms. The summed E-state index contributed by atoms with van der Waals surface area (Å²) in [6.07, 6.45) is 5.67. The molecule has 0 radical (unpaired) electrons. The molecule has 0 saturated carbocycles. The second kappa shape index (κ2) is 7.25. The lowest BCUT2D eigenvalue weighted by atomic mass is 10.0. The van der Waals surface area contributed by atoms with E-state index in [0.29, 0.717) is 6.04 Å². The number of rotatable bonds is 4. The van der Waals surface area contributed by atoms with Crippen LogP contribution in [-0.4, -0.2) is 40.9 Å². The van der Waals surface area contributed by atoms with Crippen LogP contribution in [0.2, 0.25) is 0 Å². The molecule has 3 heterocycles. The van der Waals surface area contributed by atoms with Crippen LogP contribution in [0.5, 0.6) is 0 Å². The average Bonchev–Trinajstić information content (AvgIpc) is 2.61. The normalized spacial score (nSPS) is 17.8. The first-order valence-electron chi connectivity index (χ1n) is 8.95. The number of nitrogens with zero attached hydrogens (tertiary/aromatic N) is 5. The molecule has 3 rings (SSSR count). The van der Waals surface area contributed by atoms with Crippen LogP contribution in [0.25, 0.3) is 0 Å². The van der Waals surface area contributed by atoms with E-state index in [2.05, 4.69) is 39.8 Å². The molecule has 25 heavy (non-hydrogen) atoms. The summed E-state index contributed by atoms with van der Waals surface area (Å²) in [7, 11) is 1.99. The van der Waals surface area contributed by atoms with Gasteiger partial charge >= 0.3 is 0 Å². The van der Waals surface area contributed by atoms with Gasteiger partial charge in [0, 0.05) is 49.8 Å². The molecule has 1 fully saturated rings. The highest BCUT2D eigenvalue weighted by Crippen LogP contribution is 2.25. The van der Waals surface area contributed by atoms with Crippen LogP contribution in [0.15, 0.2) is 35.4 Å². The van der Waals surface area contributed by atoms with Crippen molar-refractivity contribution in [2.75, 3.05) is 29.9 Å². The number of hydrogen-bond donors (Lipinski definition) is 0. The SMILES string of the molecule is Cc1cc(N2CCCC(n3ncc(N(C)C(C)C)cc3=O)C2)ccn1. The van der Waals surface area contributed by atoms with Crippen LogP contribution < -0.4 is 15.4 Å².